The standard InChI is InChI=1S/C10H19N3O4S2/c1-4-18(14,15)6-5-13-7-9(19(11,16)17)12-10(13)8(2)3/h7-8H,4-6H2,1-3H3,(H2,11,16,17). The van der Waals surface area contributed by atoms with Crippen LogP contribution in [-0.2, 0) is 26.4 Å². The van der Waals surface area contributed by atoms with Gasteiger partial charge in [-0.25, -0.2) is 27.0 Å². The molecule has 7 nitrogen and oxygen atoms in total. The van der Waals surface area contributed by atoms with Crippen molar-refractivity contribution in [2.24, 2.45) is 5.14 Å². The molecule has 0 aliphatic carbocycles. The Morgan fingerprint density at radius 3 is 2.32 bits per heavy atom. The Morgan fingerprint density at radius 1 is 1.32 bits per heavy atom. The van der Waals surface area contributed by atoms with Gasteiger partial charge in [0, 0.05) is 24.4 Å². The zero-order valence-corrected chi connectivity index (χ0v) is 12.8. The second-order valence-electron chi connectivity index (χ2n) is 4.57. The highest BCUT2D eigenvalue weighted by Crippen LogP contribution is 2.16. The molecule has 0 saturated carbocycles. The van der Waals surface area contributed by atoms with Crippen LogP contribution in [0.4, 0.5) is 0 Å². The van der Waals surface area contributed by atoms with Gasteiger partial charge in [0.15, 0.2) is 14.9 Å². The summed E-state index contributed by atoms with van der Waals surface area (Å²) in [6, 6.07) is 0. The number of imidazole rings is 1. The first-order chi connectivity index (χ1) is 8.57. The maximum atomic E-state index is 11.5. The van der Waals surface area contributed by atoms with Gasteiger partial charge < -0.3 is 4.57 Å². The molecular weight excluding hydrogens is 290 g/mol. The van der Waals surface area contributed by atoms with E-state index in [9.17, 15) is 16.8 Å². The largest absolute Gasteiger partial charge is 0.332 e. The number of sulfone groups is 1. The zero-order valence-electron chi connectivity index (χ0n) is 11.2. The molecule has 0 bridgehead atoms. The fraction of sp³-hybridized carbons (Fsp3) is 0.700. The van der Waals surface area contributed by atoms with Gasteiger partial charge in [-0.05, 0) is 0 Å². The number of primary sulfonamides is 1. The molecule has 0 amide bonds. The van der Waals surface area contributed by atoms with E-state index in [0.717, 1.165) is 0 Å². The van der Waals surface area contributed by atoms with Crippen molar-refractivity contribution in [3.05, 3.63) is 12.0 Å². The van der Waals surface area contributed by atoms with Crippen LogP contribution in [0.15, 0.2) is 11.2 Å². The zero-order chi connectivity index (χ0) is 14.8. The van der Waals surface area contributed by atoms with Crippen molar-refractivity contribution in [1.29, 1.82) is 0 Å². The van der Waals surface area contributed by atoms with Crippen LogP contribution in [0.1, 0.15) is 32.5 Å². The van der Waals surface area contributed by atoms with E-state index in [-0.39, 0.29) is 29.0 Å². The molecule has 1 aromatic heterocycles. The molecule has 1 aromatic rings. The normalized spacial score (nSPS) is 13.1. The Kier molecular flexibility index (Phi) is 4.75. The summed E-state index contributed by atoms with van der Waals surface area (Å²) < 4.78 is 47.0. The summed E-state index contributed by atoms with van der Waals surface area (Å²) in [7, 11) is -6.99. The molecule has 0 aliphatic rings. The molecule has 0 unspecified atom stereocenters. The number of hydrogen-bond acceptors (Lipinski definition) is 5. The van der Waals surface area contributed by atoms with Crippen molar-refractivity contribution in [2.45, 2.75) is 38.3 Å². The summed E-state index contributed by atoms with van der Waals surface area (Å²) in [5, 5.41) is 4.79. The van der Waals surface area contributed by atoms with Crippen LogP contribution >= 0.6 is 0 Å². The number of nitrogens with zero attached hydrogens (tertiary/aromatic N) is 2. The highest BCUT2D eigenvalue weighted by atomic mass is 32.2. The highest BCUT2D eigenvalue weighted by Gasteiger charge is 2.19. The van der Waals surface area contributed by atoms with E-state index in [1.807, 2.05) is 13.8 Å². The minimum absolute atomic E-state index is 0.0279. The van der Waals surface area contributed by atoms with Crippen LogP contribution in [0.25, 0.3) is 0 Å². The van der Waals surface area contributed by atoms with E-state index >= 15 is 0 Å². The van der Waals surface area contributed by atoms with Crippen molar-refractivity contribution in [2.75, 3.05) is 11.5 Å². The minimum atomic E-state index is -3.88. The lowest BCUT2D eigenvalue weighted by Crippen LogP contribution is -2.16. The number of rotatable bonds is 6. The predicted octanol–water partition coefficient (Wildman–Crippen LogP) is 0.0886. The van der Waals surface area contributed by atoms with Crippen molar-refractivity contribution >= 4 is 19.9 Å². The summed E-state index contributed by atoms with van der Waals surface area (Å²) in [4.78, 5) is 3.96. The highest BCUT2D eigenvalue weighted by molar-refractivity contribution is 7.91. The lowest BCUT2D eigenvalue weighted by atomic mass is 10.2. The third kappa shape index (κ3) is 4.29. The Bertz CT molecular complexity index is 644. The van der Waals surface area contributed by atoms with E-state index in [0.29, 0.717) is 5.82 Å². The maximum Gasteiger partial charge on any atom is 0.257 e. The van der Waals surface area contributed by atoms with Crippen LogP contribution in [0.2, 0.25) is 0 Å². The molecule has 0 radical (unpaired) electrons. The number of nitrogens with two attached hydrogens (primary N) is 1. The molecule has 9 heteroatoms. The van der Waals surface area contributed by atoms with Crippen LogP contribution in [0, 0.1) is 0 Å². The monoisotopic (exact) mass is 309 g/mol. The van der Waals surface area contributed by atoms with Gasteiger partial charge in [0.2, 0.25) is 0 Å². The summed E-state index contributed by atoms with van der Waals surface area (Å²) in [5.74, 6) is 0.486. The van der Waals surface area contributed by atoms with E-state index in [2.05, 4.69) is 4.98 Å². The first-order valence-electron chi connectivity index (χ1n) is 5.87. The molecule has 1 heterocycles. The quantitative estimate of drug-likeness (QED) is 0.800. The second-order valence-corrected chi connectivity index (χ2v) is 8.55. The van der Waals surface area contributed by atoms with Gasteiger partial charge in [0.1, 0.15) is 5.82 Å². The fourth-order valence-electron chi connectivity index (χ4n) is 1.56. The van der Waals surface area contributed by atoms with Crippen molar-refractivity contribution in [3.8, 4) is 0 Å². The van der Waals surface area contributed by atoms with Crippen LogP contribution in [-0.4, -0.2) is 37.9 Å². The van der Waals surface area contributed by atoms with Crippen molar-refractivity contribution in [3.63, 3.8) is 0 Å². The van der Waals surface area contributed by atoms with E-state index in [1.165, 1.54) is 10.8 Å². The van der Waals surface area contributed by atoms with E-state index in [4.69, 9.17) is 5.14 Å². The molecule has 2 N–H and O–H groups in total. The molecular formula is C10H19N3O4S2. The summed E-state index contributed by atoms with van der Waals surface area (Å²) in [6.07, 6.45) is 1.29. The van der Waals surface area contributed by atoms with Gasteiger partial charge in [-0.2, -0.15) is 0 Å². The lowest BCUT2D eigenvalue weighted by Gasteiger charge is -2.09. The molecule has 0 aliphatic heterocycles. The Morgan fingerprint density at radius 2 is 1.89 bits per heavy atom. The average Bonchev–Trinajstić information content (AvgIpc) is 2.70. The molecule has 19 heavy (non-hydrogen) atoms. The lowest BCUT2D eigenvalue weighted by molar-refractivity contribution is 0.584. The molecule has 0 saturated heterocycles. The van der Waals surface area contributed by atoms with Crippen molar-refractivity contribution in [1.82, 2.24) is 9.55 Å². The Labute approximate surface area is 113 Å². The number of aromatic nitrogens is 2. The first-order valence-corrected chi connectivity index (χ1v) is 9.24. The number of hydrogen-bond donors (Lipinski definition) is 1. The number of sulfonamides is 1. The molecule has 0 atom stereocenters. The van der Waals surface area contributed by atoms with Crippen molar-refractivity contribution < 1.29 is 16.8 Å². The SMILES string of the molecule is CCS(=O)(=O)CCn1cc(S(N)(=O)=O)nc1C(C)C. The van der Waals surface area contributed by atoms with Gasteiger partial charge in [0.25, 0.3) is 10.0 Å². The fourth-order valence-corrected chi connectivity index (χ4v) is 2.82. The first kappa shape index (κ1) is 16.1. The molecule has 0 fully saturated rings. The predicted molar refractivity (Wildman–Crippen MR) is 72.0 cm³/mol. The van der Waals surface area contributed by atoms with Crippen LogP contribution in [0.5, 0.6) is 0 Å². The van der Waals surface area contributed by atoms with Gasteiger partial charge >= 0.3 is 0 Å². The Hall–Kier alpha value is -0.930. The van der Waals surface area contributed by atoms with Gasteiger partial charge in [-0.3, -0.25) is 0 Å². The smallest absolute Gasteiger partial charge is 0.257 e. The second kappa shape index (κ2) is 5.59. The van der Waals surface area contributed by atoms with Gasteiger partial charge in [-0.1, -0.05) is 20.8 Å². The summed E-state index contributed by atoms with van der Waals surface area (Å²) >= 11 is 0. The van der Waals surface area contributed by atoms with Crippen LogP contribution in [0.3, 0.4) is 0 Å². The maximum absolute atomic E-state index is 11.5. The molecule has 0 spiro atoms. The third-order valence-corrected chi connectivity index (χ3v) is 5.14. The number of aryl methyl sites for hydroxylation is 1. The van der Waals surface area contributed by atoms with E-state index < -0.39 is 19.9 Å². The minimum Gasteiger partial charge on any atom is -0.332 e. The molecule has 1 rings (SSSR count). The average molecular weight is 309 g/mol. The van der Waals surface area contributed by atoms with Gasteiger partial charge in [0.05, 0.1) is 5.75 Å². The van der Waals surface area contributed by atoms with Crippen LogP contribution < -0.4 is 5.14 Å². The molecule has 0 aromatic carbocycles. The topological polar surface area (TPSA) is 112 Å². The summed E-state index contributed by atoms with van der Waals surface area (Å²) in [5.41, 5.74) is 0. The molecule has 110 valence electrons. The third-order valence-electron chi connectivity index (χ3n) is 2.68. The van der Waals surface area contributed by atoms with E-state index in [1.54, 1.807) is 6.92 Å². The Balaban J connectivity index is 3.10. The van der Waals surface area contributed by atoms with Gasteiger partial charge in [-0.15, -0.1) is 0 Å². The summed E-state index contributed by atoms with van der Waals surface area (Å²) in [6.45, 7) is 5.44.